The third-order valence-electron chi connectivity index (χ3n) is 3.03. The lowest BCUT2D eigenvalue weighted by Crippen LogP contribution is -2.28. The minimum Gasteiger partial charge on any atom is -0.361 e. The van der Waals surface area contributed by atoms with Crippen LogP contribution in [0.4, 0.5) is 0 Å². The van der Waals surface area contributed by atoms with E-state index in [0.717, 1.165) is 17.0 Å². The molecule has 2 heterocycles. The first-order chi connectivity index (χ1) is 9.08. The molecule has 0 aliphatic heterocycles. The fourth-order valence-corrected chi connectivity index (χ4v) is 1.91. The van der Waals surface area contributed by atoms with E-state index in [1.54, 1.807) is 6.20 Å². The molecule has 2 aromatic heterocycles. The largest absolute Gasteiger partial charge is 0.361 e. The van der Waals surface area contributed by atoms with Crippen molar-refractivity contribution in [3.8, 4) is 0 Å². The van der Waals surface area contributed by atoms with Crippen molar-refractivity contribution in [1.82, 2.24) is 15.5 Å². The van der Waals surface area contributed by atoms with Gasteiger partial charge in [0.2, 0.25) is 5.91 Å². The van der Waals surface area contributed by atoms with E-state index in [4.69, 9.17) is 4.52 Å². The van der Waals surface area contributed by atoms with Crippen LogP contribution in [0.1, 0.15) is 35.7 Å². The molecule has 0 unspecified atom stereocenters. The monoisotopic (exact) mass is 259 g/mol. The Kier molecular flexibility index (Phi) is 3.94. The Labute approximate surface area is 112 Å². The summed E-state index contributed by atoms with van der Waals surface area (Å²) in [4.78, 5) is 16.2. The number of pyridine rings is 1. The molecule has 0 aliphatic carbocycles. The van der Waals surface area contributed by atoms with Crippen molar-refractivity contribution in [2.75, 3.05) is 0 Å². The first kappa shape index (κ1) is 13.3. The van der Waals surface area contributed by atoms with Gasteiger partial charge in [0.15, 0.2) is 0 Å². The van der Waals surface area contributed by atoms with Gasteiger partial charge in [-0.3, -0.25) is 9.78 Å². The van der Waals surface area contributed by atoms with E-state index < -0.39 is 0 Å². The molecule has 2 rings (SSSR count). The number of nitrogens with zero attached hydrogens (tertiary/aromatic N) is 2. The quantitative estimate of drug-likeness (QED) is 0.913. The normalized spacial score (nSPS) is 12.2. The van der Waals surface area contributed by atoms with Crippen LogP contribution in [-0.2, 0) is 11.2 Å². The van der Waals surface area contributed by atoms with E-state index in [2.05, 4.69) is 15.5 Å². The molecule has 5 heteroatoms. The average molecular weight is 259 g/mol. The van der Waals surface area contributed by atoms with Gasteiger partial charge in [0.25, 0.3) is 0 Å². The van der Waals surface area contributed by atoms with Crippen LogP contribution in [0.25, 0.3) is 0 Å². The van der Waals surface area contributed by atoms with Gasteiger partial charge in [-0.2, -0.15) is 0 Å². The Hall–Kier alpha value is -2.17. The molecule has 0 saturated heterocycles. The molecule has 2 aromatic rings. The molecule has 19 heavy (non-hydrogen) atoms. The number of aryl methyl sites for hydroxylation is 2. The van der Waals surface area contributed by atoms with Crippen LogP contribution in [0.2, 0.25) is 0 Å². The fourth-order valence-electron chi connectivity index (χ4n) is 1.91. The Morgan fingerprint density at radius 1 is 1.42 bits per heavy atom. The predicted molar refractivity (Wildman–Crippen MR) is 70.5 cm³/mol. The lowest BCUT2D eigenvalue weighted by atomic mass is 10.1. The van der Waals surface area contributed by atoms with Crippen LogP contribution < -0.4 is 5.32 Å². The third-order valence-corrected chi connectivity index (χ3v) is 3.03. The molecule has 0 bridgehead atoms. The van der Waals surface area contributed by atoms with Crippen LogP contribution in [0, 0.1) is 13.8 Å². The van der Waals surface area contributed by atoms with Gasteiger partial charge in [0.1, 0.15) is 5.76 Å². The van der Waals surface area contributed by atoms with Crippen molar-refractivity contribution in [2.45, 2.75) is 33.2 Å². The molecule has 0 saturated carbocycles. The van der Waals surface area contributed by atoms with Crippen molar-refractivity contribution in [2.24, 2.45) is 0 Å². The number of amides is 1. The number of rotatable bonds is 4. The molecule has 1 atom stereocenters. The highest BCUT2D eigenvalue weighted by Gasteiger charge is 2.15. The number of carbonyl (C=O) groups excluding carboxylic acids is 1. The minimum absolute atomic E-state index is 0.0625. The molecule has 0 aliphatic rings. The smallest absolute Gasteiger partial charge is 0.225 e. The van der Waals surface area contributed by atoms with Crippen LogP contribution >= 0.6 is 0 Å². The van der Waals surface area contributed by atoms with E-state index in [-0.39, 0.29) is 18.4 Å². The Balaban J connectivity index is 1.99. The Morgan fingerprint density at radius 2 is 2.21 bits per heavy atom. The van der Waals surface area contributed by atoms with Crippen molar-refractivity contribution in [1.29, 1.82) is 0 Å². The molecule has 0 fully saturated rings. The number of hydrogen-bond acceptors (Lipinski definition) is 4. The fraction of sp³-hybridized carbons (Fsp3) is 0.357. The number of hydrogen-bond donors (Lipinski definition) is 1. The standard InChI is InChI=1S/C14H17N3O2/c1-9-12(11(3)19-17-9)8-14(18)16-10(2)13-6-4-5-7-15-13/h4-7,10H,8H2,1-3H3,(H,16,18)/t10-/m0/s1. The van der Waals surface area contributed by atoms with Gasteiger partial charge in [-0.1, -0.05) is 11.2 Å². The highest BCUT2D eigenvalue weighted by Crippen LogP contribution is 2.14. The van der Waals surface area contributed by atoms with Gasteiger partial charge in [-0.05, 0) is 32.9 Å². The molecule has 1 N–H and O–H groups in total. The van der Waals surface area contributed by atoms with Crippen molar-refractivity contribution in [3.63, 3.8) is 0 Å². The average Bonchev–Trinajstić information content (AvgIpc) is 2.71. The van der Waals surface area contributed by atoms with Crippen LogP contribution in [0.3, 0.4) is 0 Å². The second kappa shape index (κ2) is 5.65. The summed E-state index contributed by atoms with van der Waals surface area (Å²) in [6, 6.07) is 5.52. The third kappa shape index (κ3) is 3.19. The lowest BCUT2D eigenvalue weighted by Gasteiger charge is -2.13. The molecular weight excluding hydrogens is 242 g/mol. The molecule has 0 radical (unpaired) electrons. The number of aromatic nitrogens is 2. The molecule has 0 aromatic carbocycles. The van der Waals surface area contributed by atoms with Crippen molar-refractivity contribution in [3.05, 3.63) is 47.1 Å². The van der Waals surface area contributed by atoms with E-state index in [1.807, 2.05) is 39.0 Å². The van der Waals surface area contributed by atoms with Gasteiger partial charge >= 0.3 is 0 Å². The highest BCUT2D eigenvalue weighted by molar-refractivity contribution is 5.79. The Morgan fingerprint density at radius 3 is 2.79 bits per heavy atom. The first-order valence-electron chi connectivity index (χ1n) is 6.20. The summed E-state index contributed by atoms with van der Waals surface area (Å²) in [5, 5.41) is 6.76. The maximum Gasteiger partial charge on any atom is 0.225 e. The molecule has 5 nitrogen and oxygen atoms in total. The lowest BCUT2D eigenvalue weighted by molar-refractivity contribution is -0.121. The van der Waals surface area contributed by atoms with E-state index >= 15 is 0 Å². The van der Waals surface area contributed by atoms with Gasteiger partial charge < -0.3 is 9.84 Å². The topological polar surface area (TPSA) is 68.0 Å². The summed E-state index contributed by atoms with van der Waals surface area (Å²) < 4.78 is 5.04. The number of carbonyl (C=O) groups is 1. The van der Waals surface area contributed by atoms with Gasteiger partial charge in [0, 0.05) is 11.8 Å². The number of nitrogens with one attached hydrogen (secondary N) is 1. The van der Waals surface area contributed by atoms with Crippen LogP contribution in [-0.4, -0.2) is 16.0 Å². The van der Waals surface area contributed by atoms with Gasteiger partial charge in [0.05, 0.1) is 23.9 Å². The van der Waals surface area contributed by atoms with Gasteiger partial charge in [-0.25, -0.2) is 0 Å². The first-order valence-corrected chi connectivity index (χ1v) is 6.20. The van der Waals surface area contributed by atoms with Crippen molar-refractivity contribution < 1.29 is 9.32 Å². The summed E-state index contributed by atoms with van der Waals surface area (Å²) >= 11 is 0. The Bertz CT molecular complexity index is 544. The summed E-state index contributed by atoms with van der Waals surface area (Å²) in [6.07, 6.45) is 1.99. The molecule has 100 valence electrons. The van der Waals surface area contributed by atoms with Crippen LogP contribution in [0.15, 0.2) is 28.9 Å². The van der Waals surface area contributed by atoms with E-state index in [9.17, 15) is 4.79 Å². The molecule has 1 amide bonds. The SMILES string of the molecule is Cc1noc(C)c1CC(=O)N[C@@H](C)c1ccccn1. The zero-order valence-corrected chi connectivity index (χ0v) is 11.3. The maximum atomic E-state index is 12.0. The van der Waals surface area contributed by atoms with E-state index in [1.165, 1.54) is 0 Å². The zero-order valence-electron chi connectivity index (χ0n) is 11.3. The molecule has 0 spiro atoms. The second-order valence-corrected chi connectivity index (χ2v) is 4.52. The summed E-state index contributed by atoms with van der Waals surface area (Å²) in [5.41, 5.74) is 2.46. The summed E-state index contributed by atoms with van der Waals surface area (Å²) in [5.74, 6) is 0.630. The van der Waals surface area contributed by atoms with E-state index in [0.29, 0.717) is 5.76 Å². The summed E-state index contributed by atoms with van der Waals surface area (Å²) in [7, 11) is 0. The van der Waals surface area contributed by atoms with Gasteiger partial charge in [-0.15, -0.1) is 0 Å². The maximum absolute atomic E-state index is 12.0. The molecular formula is C14H17N3O2. The zero-order chi connectivity index (χ0) is 13.8. The predicted octanol–water partition coefficient (Wildman–Crippen LogP) is 2.11. The van der Waals surface area contributed by atoms with Crippen molar-refractivity contribution >= 4 is 5.91 Å². The second-order valence-electron chi connectivity index (χ2n) is 4.52. The van der Waals surface area contributed by atoms with Crippen LogP contribution in [0.5, 0.6) is 0 Å². The minimum atomic E-state index is -0.117. The highest BCUT2D eigenvalue weighted by atomic mass is 16.5. The summed E-state index contributed by atoms with van der Waals surface area (Å²) in [6.45, 7) is 5.56.